The standard InChI is InChI=1S/C12H27NO/c1-7-12(6,10(2)14)9-13-8-11(3,4)5/h10,13-14H,7-9H2,1-6H3. The largest absolute Gasteiger partial charge is 0.393 e. The lowest BCUT2D eigenvalue weighted by Gasteiger charge is -2.33. The van der Waals surface area contributed by atoms with Crippen molar-refractivity contribution in [2.45, 2.75) is 54.1 Å². The molecule has 0 heterocycles. The van der Waals surface area contributed by atoms with E-state index >= 15 is 0 Å². The van der Waals surface area contributed by atoms with Gasteiger partial charge in [0.05, 0.1) is 6.10 Å². The first-order valence-corrected chi connectivity index (χ1v) is 5.60. The Morgan fingerprint density at radius 1 is 1.14 bits per heavy atom. The molecule has 0 aromatic heterocycles. The first-order valence-electron chi connectivity index (χ1n) is 5.60. The average molecular weight is 201 g/mol. The van der Waals surface area contributed by atoms with Crippen molar-refractivity contribution >= 4 is 0 Å². The van der Waals surface area contributed by atoms with Crippen LogP contribution in [-0.4, -0.2) is 24.3 Å². The number of rotatable bonds is 5. The Morgan fingerprint density at radius 2 is 1.64 bits per heavy atom. The van der Waals surface area contributed by atoms with Gasteiger partial charge in [-0.1, -0.05) is 34.6 Å². The molecule has 2 atom stereocenters. The van der Waals surface area contributed by atoms with E-state index in [1.807, 2.05) is 6.92 Å². The fourth-order valence-electron chi connectivity index (χ4n) is 1.29. The van der Waals surface area contributed by atoms with Crippen LogP contribution in [0.25, 0.3) is 0 Å². The summed E-state index contributed by atoms with van der Waals surface area (Å²) in [5.74, 6) is 0. The Hall–Kier alpha value is -0.0800. The maximum Gasteiger partial charge on any atom is 0.0577 e. The van der Waals surface area contributed by atoms with E-state index in [1.54, 1.807) is 0 Å². The molecule has 2 unspecified atom stereocenters. The van der Waals surface area contributed by atoms with Gasteiger partial charge in [-0.25, -0.2) is 0 Å². The van der Waals surface area contributed by atoms with Crippen molar-refractivity contribution in [1.29, 1.82) is 0 Å². The molecule has 0 bridgehead atoms. The summed E-state index contributed by atoms with van der Waals surface area (Å²) in [6.07, 6.45) is 0.752. The summed E-state index contributed by atoms with van der Waals surface area (Å²) in [5.41, 5.74) is 0.318. The minimum Gasteiger partial charge on any atom is -0.393 e. The summed E-state index contributed by atoms with van der Waals surface area (Å²) in [6, 6.07) is 0. The quantitative estimate of drug-likeness (QED) is 0.716. The van der Waals surface area contributed by atoms with E-state index in [-0.39, 0.29) is 11.5 Å². The molecule has 0 amide bonds. The number of aliphatic hydroxyl groups excluding tert-OH is 1. The second kappa shape index (κ2) is 5.13. The lowest BCUT2D eigenvalue weighted by atomic mass is 9.82. The summed E-state index contributed by atoms with van der Waals surface area (Å²) in [5, 5.41) is 13.1. The minimum atomic E-state index is -0.250. The molecule has 0 fully saturated rings. The van der Waals surface area contributed by atoms with Gasteiger partial charge in [-0.2, -0.15) is 0 Å². The topological polar surface area (TPSA) is 32.3 Å². The maximum absolute atomic E-state index is 9.66. The Morgan fingerprint density at radius 3 is 1.93 bits per heavy atom. The fraction of sp³-hybridized carbons (Fsp3) is 1.00. The average Bonchev–Trinajstić information content (AvgIpc) is 2.01. The van der Waals surface area contributed by atoms with Crippen LogP contribution in [0.3, 0.4) is 0 Å². The molecular formula is C12H27NO. The molecule has 0 aliphatic heterocycles. The van der Waals surface area contributed by atoms with E-state index in [0.29, 0.717) is 5.41 Å². The molecule has 0 aromatic carbocycles. The normalized spacial score (nSPS) is 19.1. The molecular weight excluding hydrogens is 174 g/mol. The van der Waals surface area contributed by atoms with Crippen LogP contribution in [0.1, 0.15) is 48.0 Å². The highest BCUT2D eigenvalue weighted by molar-refractivity contribution is 4.81. The third-order valence-electron chi connectivity index (χ3n) is 3.00. The van der Waals surface area contributed by atoms with Gasteiger partial charge in [-0.05, 0) is 18.8 Å². The van der Waals surface area contributed by atoms with E-state index in [2.05, 4.69) is 39.9 Å². The molecule has 0 radical (unpaired) electrons. The van der Waals surface area contributed by atoms with E-state index in [0.717, 1.165) is 19.5 Å². The van der Waals surface area contributed by atoms with Crippen molar-refractivity contribution in [3.05, 3.63) is 0 Å². The molecule has 2 nitrogen and oxygen atoms in total. The van der Waals surface area contributed by atoms with Crippen molar-refractivity contribution in [2.24, 2.45) is 10.8 Å². The third-order valence-corrected chi connectivity index (χ3v) is 3.00. The van der Waals surface area contributed by atoms with Crippen LogP contribution in [0.2, 0.25) is 0 Å². The van der Waals surface area contributed by atoms with Gasteiger partial charge in [-0.15, -0.1) is 0 Å². The predicted octanol–water partition coefficient (Wildman–Crippen LogP) is 2.42. The molecule has 0 aromatic rings. The van der Waals surface area contributed by atoms with Gasteiger partial charge in [0.15, 0.2) is 0 Å². The first kappa shape index (κ1) is 13.9. The van der Waals surface area contributed by atoms with Gasteiger partial charge in [0.1, 0.15) is 0 Å². The molecule has 0 saturated carbocycles. The zero-order valence-corrected chi connectivity index (χ0v) is 10.6. The van der Waals surface area contributed by atoms with Crippen molar-refractivity contribution < 1.29 is 5.11 Å². The van der Waals surface area contributed by atoms with Crippen molar-refractivity contribution in [2.75, 3.05) is 13.1 Å². The molecule has 2 heteroatoms. The van der Waals surface area contributed by atoms with Crippen LogP contribution >= 0.6 is 0 Å². The van der Waals surface area contributed by atoms with Gasteiger partial charge in [0.25, 0.3) is 0 Å². The highest BCUT2D eigenvalue weighted by Crippen LogP contribution is 2.25. The molecule has 0 spiro atoms. The second-order valence-corrected chi connectivity index (χ2v) is 5.85. The molecule has 0 rings (SSSR count). The molecule has 0 aliphatic rings. The third kappa shape index (κ3) is 4.97. The second-order valence-electron chi connectivity index (χ2n) is 5.85. The van der Waals surface area contributed by atoms with Crippen molar-refractivity contribution in [3.63, 3.8) is 0 Å². The SMILES string of the molecule is CCC(C)(CNCC(C)(C)C)C(C)O. The lowest BCUT2D eigenvalue weighted by molar-refractivity contribution is 0.0476. The molecule has 2 N–H and O–H groups in total. The van der Waals surface area contributed by atoms with Crippen LogP contribution in [-0.2, 0) is 0 Å². The summed E-state index contributed by atoms with van der Waals surface area (Å²) in [6.45, 7) is 14.7. The number of hydrogen-bond donors (Lipinski definition) is 2. The summed E-state index contributed by atoms with van der Waals surface area (Å²) >= 11 is 0. The fourth-order valence-corrected chi connectivity index (χ4v) is 1.29. The lowest BCUT2D eigenvalue weighted by Crippen LogP contribution is -2.42. The zero-order valence-electron chi connectivity index (χ0n) is 10.6. The van der Waals surface area contributed by atoms with Crippen LogP contribution in [0, 0.1) is 10.8 Å². The smallest absolute Gasteiger partial charge is 0.0577 e. The predicted molar refractivity (Wildman–Crippen MR) is 62.4 cm³/mol. The summed E-state index contributed by atoms with van der Waals surface area (Å²) < 4.78 is 0. The highest BCUT2D eigenvalue weighted by Gasteiger charge is 2.27. The Balaban J connectivity index is 3.97. The Bertz CT molecular complexity index is 160. The van der Waals surface area contributed by atoms with Crippen LogP contribution in [0.15, 0.2) is 0 Å². The van der Waals surface area contributed by atoms with E-state index < -0.39 is 0 Å². The maximum atomic E-state index is 9.66. The van der Waals surface area contributed by atoms with Gasteiger partial charge in [-0.3, -0.25) is 0 Å². The molecule has 0 saturated heterocycles. The van der Waals surface area contributed by atoms with Gasteiger partial charge in [0, 0.05) is 18.5 Å². The minimum absolute atomic E-state index is 0.00521. The van der Waals surface area contributed by atoms with Gasteiger partial charge in [0.2, 0.25) is 0 Å². The number of aliphatic hydroxyl groups is 1. The molecule has 0 aliphatic carbocycles. The van der Waals surface area contributed by atoms with E-state index in [9.17, 15) is 5.11 Å². The van der Waals surface area contributed by atoms with Crippen molar-refractivity contribution in [3.8, 4) is 0 Å². The Labute approximate surface area is 89.1 Å². The molecule has 86 valence electrons. The van der Waals surface area contributed by atoms with Crippen LogP contribution in [0.4, 0.5) is 0 Å². The number of hydrogen-bond acceptors (Lipinski definition) is 2. The molecule has 14 heavy (non-hydrogen) atoms. The van der Waals surface area contributed by atoms with Crippen LogP contribution < -0.4 is 5.32 Å². The zero-order chi connectivity index (χ0) is 11.4. The summed E-state index contributed by atoms with van der Waals surface area (Å²) in [7, 11) is 0. The van der Waals surface area contributed by atoms with E-state index in [4.69, 9.17) is 0 Å². The first-order chi connectivity index (χ1) is 6.21. The van der Waals surface area contributed by atoms with Crippen LogP contribution in [0.5, 0.6) is 0 Å². The number of nitrogens with one attached hydrogen (secondary N) is 1. The van der Waals surface area contributed by atoms with Gasteiger partial charge >= 0.3 is 0 Å². The Kier molecular flexibility index (Phi) is 5.10. The summed E-state index contributed by atoms with van der Waals surface area (Å²) in [4.78, 5) is 0. The highest BCUT2D eigenvalue weighted by atomic mass is 16.3. The van der Waals surface area contributed by atoms with Crippen molar-refractivity contribution in [1.82, 2.24) is 5.32 Å². The monoisotopic (exact) mass is 201 g/mol. The van der Waals surface area contributed by atoms with Gasteiger partial charge < -0.3 is 10.4 Å². The van der Waals surface area contributed by atoms with E-state index in [1.165, 1.54) is 0 Å².